The molecule has 0 heterocycles. The van der Waals surface area contributed by atoms with Crippen molar-refractivity contribution in [3.05, 3.63) is 34.9 Å². The molecule has 1 rings (SSSR count). The fraction of sp³-hybridized carbons (Fsp3) is 0.333. The van der Waals surface area contributed by atoms with E-state index in [0.29, 0.717) is 11.1 Å². The standard InChI is InChI=1S/C12H14O5/c1-7(14)4-8-2-3-9(6-13)10(5-8)11(15)12(16)17/h2-3,5,11,13,15H,4,6H2,1H3,(H,16,17). The first-order valence-corrected chi connectivity index (χ1v) is 5.08. The highest BCUT2D eigenvalue weighted by Gasteiger charge is 2.19. The zero-order chi connectivity index (χ0) is 13.0. The van der Waals surface area contributed by atoms with Gasteiger partial charge in [-0.3, -0.25) is 4.79 Å². The summed E-state index contributed by atoms with van der Waals surface area (Å²) < 4.78 is 0. The minimum absolute atomic E-state index is 0.0579. The van der Waals surface area contributed by atoms with E-state index in [0.717, 1.165) is 0 Å². The molecule has 1 unspecified atom stereocenters. The summed E-state index contributed by atoms with van der Waals surface area (Å²) in [5.41, 5.74) is 1.08. The maximum Gasteiger partial charge on any atom is 0.337 e. The van der Waals surface area contributed by atoms with Crippen molar-refractivity contribution in [2.75, 3.05) is 0 Å². The normalized spacial score (nSPS) is 12.2. The summed E-state index contributed by atoms with van der Waals surface area (Å²) in [7, 11) is 0. The monoisotopic (exact) mass is 238 g/mol. The molecule has 1 aromatic rings. The number of carboxylic acids is 1. The second-order valence-corrected chi connectivity index (χ2v) is 3.81. The molecule has 0 amide bonds. The zero-order valence-corrected chi connectivity index (χ0v) is 9.38. The van der Waals surface area contributed by atoms with Gasteiger partial charge in [0.15, 0.2) is 6.10 Å². The van der Waals surface area contributed by atoms with Gasteiger partial charge in [-0.05, 0) is 23.6 Å². The fourth-order valence-electron chi connectivity index (χ4n) is 1.57. The van der Waals surface area contributed by atoms with Gasteiger partial charge in [0.1, 0.15) is 5.78 Å². The highest BCUT2D eigenvalue weighted by Crippen LogP contribution is 2.21. The number of carbonyl (C=O) groups excluding carboxylic acids is 1. The lowest BCUT2D eigenvalue weighted by molar-refractivity contribution is -0.147. The van der Waals surface area contributed by atoms with Crippen molar-refractivity contribution in [3.8, 4) is 0 Å². The lowest BCUT2D eigenvalue weighted by Gasteiger charge is -2.12. The Kier molecular flexibility index (Phi) is 4.37. The first-order chi connectivity index (χ1) is 7.95. The van der Waals surface area contributed by atoms with E-state index in [1.807, 2.05) is 0 Å². The molecule has 0 aliphatic heterocycles. The molecule has 1 atom stereocenters. The summed E-state index contributed by atoms with van der Waals surface area (Å²) in [6.07, 6.45) is -1.52. The van der Waals surface area contributed by atoms with Crippen LogP contribution in [0.25, 0.3) is 0 Å². The molecule has 0 saturated heterocycles. The van der Waals surface area contributed by atoms with E-state index in [-0.39, 0.29) is 24.4 Å². The predicted molar refractivity (Wildman–Crippen MR) is 59.3 cm³/mol. The number of ketones is 1. The van der Waals surface area contributed by atoms with Crippen molar-refractivity contribution >= 4 is 11.8 Å². The van der Waals surface area contributed by atoms with Crippen molar-refractivity contribution < 1.29 is 24.9 Å². The van der Waals surface area contributed by atoms with Crippen LogP contribution < -0.4 is 0 Å². The summed E-state index contributed by atoms with van der Waals surface area (Å²) in [5, 5.41) is 27.3. The van der Waals surface area contributed by atoms with E-state index in [4.69, 9.17) is 10.2 Å². The largest absolute Gasteiger partial charge is 0.479 e. The molecule has 0 bridgehead atoms. The van der Waals surface area contributed by atoms with Gasteiger partial charge in [0, 0.05) is 6.42 Å². The molecule has 5 nitrogen and oxygen atoms in total. The summed E-state index contributed by atoms with van der Waals surface area (Å²) in [4.78, 5) is 21.7. The topological polar surface area (TPSA) is 94.8 Å². The van der Waals surface area contributed by atoms with Crippen molar-refractivity contribution in [1.82, 2.24) is 0 Å². The lowest BCUT2D eigenvalue weighted by atomic mass is 9.98. The van der Waals surface area contributed by atoms with Crippen molar-refractivity contribution in [2.24, 2.45) is 0 Å². The van der Waals surface area contributed by atoms with E-state index in [1.54, 1.807) is 6.07 Å². The maximum atomic E-state index is 11.0. The van der Waals surface area contributed by atoms with E-state index >= 15 is 0 Å². The van der Waals surface area contributed by atoms with Gasteiger partial charge in [-0.1, -0.05) is 18.2 Å². The van der Waals surface area contributed by atoms with Crippen LogP contribution in [0.15, 0.2) is 18.2 Å². The Labute approximate surface area is 98.3 Å². The number of Topliss-reactive ketones (excluding diaryl/α,β-unsaturated/α-hetero) is 1. The maximum absolute atomic E-state index is 11.0. The van der Waals surface area contributed by atoms with Crippen LogP contribution in [0.3, 0.4) is 0 Å². The van der Waals surface area contributed by atoms with Crippen LogP contribution >= 0.6 is 0 Å². The smallest absolute Gasteiger partial charge is 0.337 e. The molecular formula is C12H14O5. The van der Waals surface area contributed by atoms with Crippen LogP contribution in [0.2, 0.25) is 0 Å². The highest BCUT2D eigenvalue weighted by molar-refractivity contribution is 5.79. The predicted octanol–water partition coefficient (Wildman–Crippen LogP) is 0.428. The molecule has 17 heavy (non-hydrogen) atoms. The van der Waals surface area contributed by atoms with Crippen molar-refractivity contribution in [2.45, 2.75) is 26.1 Å². The third-order valence-electron chi connectivity index (χ3n) is 2.36. The summed E-state index contributed by atoms with van der Waals surface area (Å²) in [6, 6.07) is 4.58. The Morgan fingerprint density at radius 3 is 2.47 bits per heavy atom. The molecule has 0 radical (unpaired) electrons. The average Bonchev–Trinajstić information content (AvgIpc) is 2.27. The highest BCUT2D eigenvalue weighted by atomic mass is 16.4. The minimum Gasteiger partial charge on any atom is -0.479 e. The van der Waals surface area contributed by atoms with Crippen LogP contribution in [0.1, 0.15) is 29.7 Å². The molecule has 0 aromatic heterocycles. The van der Waals surface area contributed by atoms with E-state index < -0.39 is 12.1 Å². The molecule has 92 valence electrons. The quantitative estimate of drug-likeness (QED) is 0.691. The van der Waals surface area contributed by atoms with Gasteiger partial charge in [-0.2, -0.15) is 0 Å². The molecule has 0 aliphatic rings. The Morgan fingerprint density at radius 2 is 2.00 bits per heavy atom. The number of hydrogen-bond donors (Lipinski definition) is 3. The second kappa shape index (κ2) is 5.56. The SMILES string of the molecule is CC(=O)Cc1ccc(CO)c(C(O)C(=O)O)c1. The first-order valence-electron chi connectivity index (χ1n) is 5.08. The van der Waals surface area contributed by atoms with Crippen LogP contribution in [0.4, 0.5) is 0 Å². The molecule has 0 aliphatic carbocycles. The van der Waals surface area contributed by atoms with Crippen molar-refractivity contribution in [1.29, 1.82) is 0 Å². The van der Waals surface area contributed by atoms with Crippen LogP contribution in [-0.2, 0) is 22.6 Å². The summed E-state index contributed by atoms with van der Waals surface area (Å²) >= 11 is 0. The van der Waals surface area contributed by atoms with E-state index in [9.17, 15) is 14.7 Å². The van der Waals surface area contributed by atoms with Gasteiger partial charge in [-0.25, -0.2) is 4.79 Å². The molecule has 0 spiro atoms. The van der Waals surface area contributed by atoms with Crippen LogP contribution in [0, 0.1) is 0 Å². The Morgan fingerprint density at radius 1 is 1.35 bits per heavy atom. The van der Waals surface area contributed by atoms with Crippen LogP contribution in [-0.4, -0.2) is 27.1 Å². The number of benzene rings is 1. The number of aliphatic carboxylic acids is 1. The number of aliphatic hydroxyl groups excluding tert-OH is 2. The number of hydrogen-bond acceptors (Lipinski definition) is 4. The van der Waals surface area contributed by atoms with Gasteiger partial charge in [0.25, 0.3) is 0 Å². The molecule has 5 heteroatoms. The Bertz CT molecular complexity index is 439. The van der Waals surface area contributed by atoms with E-state index in [1.165, 1.54) is 19.1 Å². The molecule has 0 fully saturated rings. The van der Waals surface area contributed by atoms with Gasteiger partial charge in [-0.15, -0.1) is 0 Å². The Hall–Kier alpha value is -1.72. The van der Waals surface area contributed by atoms with Gasteiger partial charge in [0.2, 0.25) is 0 Å². The number of carbonyl (C=O) groups is 2. The van der Waals surface area contributed by atoms with Crippen LogP contribution in [0.5, 0.6) is 0 Å². The van der Waals surface area contributed by atoms with Gasteiger partial charge < -0.3 is 15.3 Å². The minimum atomic E-state index is -1.69. The number of aliphatic hydroxyl groups is 2. The third-order valence-corrected chi connectivity index (χ3v) is 2.36. The fourth-order valence-corrected chi connectivity index (χ4v) is 1.57. The second-order valence-electron chi connectivity index (χ2n) is 3.81. The van der Waals surface area contributed by atoms with Crippen molar-refractivity contribution in [3.63, 3.8) is 0 Å². The zero-order valence-electron chi connectivity index (χ0n) is 9.38. The summed E-state index contributed by atoms with van der Waals surface area (Å²) in [6.45, 7) is 1.06. The molecule has 3 N–H and O–H groups in total. The number of carboxylic acid groups (broad SMARTS) is 1. The molecule has 1 aromatic carbocycles. The third kappa shape index (κ3) is 3.37. The molecule has 0 saturated carbocycles. The molecular weight excluding hydrogens is 224 g/mol. The average molecular weight is 238 g/mol. The van der Waals surface area contributed by atoms with E-state index in [2.05, 4.69) is 0 Å². The van der Waals surface area contributed by atoms with Gasteiger partial charge >= 0.3 is 5.97 Å². The first kappa shape index (κ1) is 13.3. The Balaban J connectivity index is 3.14. The number of rotatable bonds is 5. The lowest BCUT2D eigenvalue weighted by Crippen LogP contribution is -2.13. The summed E-state index contributed by atoms with van der Waals surface area (Å²) in [5.74, 6) is -1.45. The van der Waals surface area contributed by atoms with Gasteiger partial charge in [0.05, 0.1) is 6.61 Å².